The molecular weight excluding hydrogens is 699 g/mol. The van der Waals surface area contributed by atoms with Gasteiger partial charge < -0.3 is 20.1 Å². The summed E-state index contributed by atoms with van der Waals surface area (Å²) in [5, 5.41) is 7.08. The van der Waals surface area contributed by atoms with Crippen LogP contribution in [0.4, 0.5) is 0 Å². The van der Waals surface area contributed by atoms with Crippen molar-refractivity contribution in [2.45, 2.75) is 64.7 Å². The van der Waals surface area contributed by atoms with Crippen LogP contribution in [0.1, 0.15) is 50.7 Å². The lowest BCUT2D eigenvalue weighted by Crippen LogP contribution is -2.43. The van der Waals surface area contributed by atoms with Gasteiger partial charge in [-0.3, -0.25) is 24.4 Å². The number of carbonyl (C=O) groups is 2. The average molecular weight is 746 g/mol. The molecule has 2 saturated heterocycles. The molecule has 2 aromatic heterocycles. The van der Waals surface area contributed by atoms with E-state index in [0.29, 0.717) is 33.9 Å². The fourth-order valence-corrected chi connectivity index (χ4v) is 7.90. The molecule has 2 aromatic carbocycles. The lowest BCUT2D eigenvalue weighted by atomic mass is 9.98. The normalized spacial score (nSPS) is 16.0. The van der Waals surface area contributed by atoms with Crippen LogP contribution in [0, 0.1) is 0 Å². The van der Waals surface area contributed by atoms with Crippen LogP contribution >= 0.6 is 23.2 Å². The molecule has 0 aliphatic carbocycles. The Kier molecular flexibility index (Phi) is 12.3. The number of likely N-dealkylation sites (tertiary alicyclic amines) is 2. The third-order valence-corrected chi connectivity index (χ3v) is 10.7. The summed E-state index contributed by atoms with van der Waals surface area (Å²) >= 11 is 14.3. The minimum Gasteiger partial charge on any atom is -0.496 e. The van der Waals surface area contributed by atoms with Crippen molar-refractivity contribution in [3.63, 3.8) is 0 Å². The van der Waals surface area contributed by atoms with Crippen LogP contribution in [0.3, 0.4) is 0 Å². The topological polar surface area (TPSA) is 109 Å². The number of hydrogen-bond acceptors (Lipinski definition) is 8. The fraction of sp³-hybridized carbons (Fsp3) is 0.400. The number of halogens is 2. The van der Waals surface area contributed by atoms with E-state index in [1.54, 1.807) is 34.3 Å². The van der Waals surface area contributed by atoms with Gasteiger partial charge in [-0.25, -0.2) is 4.98 Å². The van der Waals surface area contributed by atoms with Crippen LogP contribution in [0.5, 0.6) is 11.6 Å². The molecule has 2 aliphatic rings. The number of pyridine rings is 2. The maximum atomic E-state index is 11.5. The first-order valence-electron chi connectivity index (χ1n) is 17.8. The van der Waals surface area contributed by atoms with Crippen molar-refractivity contribution in [3.8, 4) is 45.3 Å². The highest BCUT2D eigenvalue weighted by atomic mass is 35.5. The van der Waals surface area contributed by atoms with Gasteiger partial charge in [0, 0.05) is 105 Å². The van der Waals surface area contributed by atoms with Crippen molar-refractivity contribution >= 4 is 35.0 Å². The zero-order valence-electron chi connectivity index (χ0n) is 30.2. The lowest BCUT2D eigenvalue weighted by Gasteiger charge is -2.32. The second-order valence-electron chi connectivity index (χ2n) is 13.6. The third-order valence-electron chi connectivity index (χ3n) is 9.92. The smallest absolute Gasteiger partial charge is 0.218 e. The number of hydrogen-bond donors (Lipinski definition) is 2. The van der Waals surface area contributed by atoms with Crippen LogP contribution in [0.15, 0.2) is 60.8 Å². The number of nitrogens with zero attached hydrogens (tertiary/aromatic N) is 4. The van der Waals surface area contributed by atoms with E-state index in [1.165, 1.54) is 0 Å². The van der Waals surface area contributed by atoms with Crippen LogP contribution in [-0.4, -0.2) is 84.1 Å². The van der Waals surface area contributed by atoms with Gasteiger partial charge in [-0.1, -0.05) is 59.6 Å². The lowest BCUT2D eigenvalue weighted by molar-refractivity contribution is -0.120. The van der Waals surface area contributed by atoms with Gasteiger partial charge in [0.1, 0.15) is 5.75 Å². The number of piperidine rings is 2. The monoisotopic (exact) mass is 744 g/mol. The number of aromatic nitrogens is 2. The summed E-state index contributed by atoms with van der Waals surface area (Å²) in [4.78, 5) is 37.2. The summed E-state index contributed by atoms with van der Waals surface area (Å²) < 4.78 is 11.6. The molecule has 4 aromatic rings. The van der Waals surface area contributed by atoms with Crippen molar-refractivity contribution < 1.29 is 19.1 Å². The zero-order chi connectivity index (χ0) is 36.8. The maximum Gasteiger partial charge on any atom is 0.218 e. The number of ether oxygens (including phenoxy) is 2. The van der Waals surface area contributed by atoms with E-state index >= 15 is 0 Å². The molecule has 0 bridgehead atoms. The molecule has 0 spiro atoms. The Hall–Kier alpha value is -4.22. The Morgan fingerprint density at radius 3 is 1.92 bits per heavy atom. The molecule has 0 saturated carbocycles. The van der Waals surface area contributed by atoms with Crippen LogP contribution in [0.2, 0.25) is 10.0 Å². The molecule has 6 rings (SSSR count). The molecule has 12 heteroatoms. The Morgan fingerprint density at radius 2 is 1.33 bits per heavy atom. The van der Waals surface area contributed by atoms with Crippen molar-refractivity contribution in [2.24, 2.45) is 0 Å². The molecule has 0 unspecified atom stereocenters. The van der Waals surface area contributed by atoms with Crippen molar-refractivity contribution in [3.05, 3.63) is 82.0 Å². The average Bonchev–Trinajstić information content (AvgIpc) is 3.13. The van der Waals surface area contributed by atoms with Gasteiger partial charge in [0.05, 0.1) is 35.7 Å². The van der Waals surface area contributed by atoms with E-state index < -0.39 is 0 Å². The maximum absolute atomic E-state index is 11.5. The summed E-state index contributed by atoms with van der Waals surface area (Å²) in [5.41, 5.74) is 6.53. The molecule has 2 N–H and O–H groups in total. The fourth-order valence-electron chi connectivity index (χ4n) is 7.26. The number of carbonyl (C=O) groups excluding carboxylic acids is 2. The molecule has 52 heavy (non-hydrogen) atoms. The molecule has 2 fully saturated rings. The first-order chi connectivity index (χ1) is 25.1. The molecule has 0 radical (unpaired) electrons. The Balaban J connectivity index is 1.20. The van der Waals surface area contributed by atoms with Crippen molar-refractivity contribution in [1.82, 2.24) is 30.4 Å². The quantitative estimate of drug-likeness (QED) is 0.169. The number of nitrogens with one attached hydrogen (secondary N) is 2. The van der Waals surface area contributed by atoms with Crippen LogP contribution < -0.4 is 20.1 Å². The first-order valence-corrected chi connectivity index (χ1v) is 18.5. The molecule has 2 amide bonds. The van der Waals surface area contributed by atoms with E-state index in [0.717, 1.165) is 97.5 Å². The summed E-state index contributed by atoms with van der Waals surface area (Å²) in [5.74, 6) is 1.36. The van der Waals surface area contributed by atoms with Crippen molar-refractivity contribution in [1.29, 1.82) is 0 Å². The number of benzene rings is 2. The van der Waals surface area contributed by atoms with Gasteiger partial charge in [0.2, 0.25) is 17.7 Å². The standard InChI is InChI=1S/C40H46Cl2N6O4/c1-25(49)44-30-13-18-47(19-14-30)23-28-9-8-27(22-36(28)51-3)39-38(42)33(12-17-43-39)32-6-5-7-34(37(32)41)35-11-10-29(40(46-35)52-4)24-48-20-15-31(16-21-48)45-26(2)50/h5-12,17,22,30-31H,13-16,18-21,23-24H2,1-4H3,(H,44,49)(H,45,50). The Morgan fingerprint density at radius 1 is 0.750 bits per heavy atom. The minimum absolute atomic E-state index is 0.0184. The first kappa shape index (κ1) is 37.5. The van der Waals surface area contributed by atoms with E-state index in [2.05, 4.69) is 31.5 Å². The number of methoxy groups -OCH3 is 2. The van der Waals surface area contributed by atoms with E-state index in [9.17, 15) is 9.59 Å². The molecular formula is C40H46Cl2N6O4. The van der Waals surface area contributed by atoms with E-state index in [-0.39, 0.29) is 23.9 Å². The Bertz CT molecular complexity index is 1770. The highest BCUT2D eigenvalue weighted by molar-refractivity contribution is 6.39. The third kappa shape index (κ3) is 8.86. The summed E-state index contributed by atoms with van der Waals surface area (Å²) in [6.45, 7) is 8.16. The summed E-state index contributed by atoms with van der Waals surface area (Å²) in [7, 11) is 3.31. The van der Waals surface area contributed by atoms with Gasteiger partial charge in [-0.15, -0.1) is 0 Å². The van der Waals surface area contributed by atoms with Gasteiger partial charge in [-0.2, -0.15) is 0 Å². The van der Waals surface area contributed by atoms with Gasteiger partial charge >= 0.3 is 0 Å². The predicted octanol–water partition coefficient (Wildman–Crippen LogP) is 7.00. The molecule has 0 atom stereocenters. The predicted molar refractivity (Wildman–Crippen MR) is 206 cm³/mol. The highest BCUT2D eigenvalue weighted by Crippen LogP contribution is 2.42. The molecule has 2 aliphatic heterocycles. The highest BCUT2D eigenvalue weighted by Gasteiger charge is 2.24. The van der Waals surface area contributed by atoms with Crippen molar-refractivity contribution in [2.75, 3.05) is 40.4 Å². The summed E-state index contributed by atoms with van der Waals surface area (Å²) in [6, 6.07) is 18.3. The summed E-state index contributed by atoms with van der Waals surface area (Å²) in [6.07, 6.45) is 5.42. The zero-order valence-corrected chi connectivity index (χ0v) is 31.7. The van der Waals surface area contributed by atoms with E-state index in [1.807, 2.05) is 48.5 Å². The van der Waals surface area contributed by atoms with Crippen LogP contribution in [0.25, 0.3) is 33.6 Å². The van der Waals surface area contributed by atoms with E-state index in [4.69, 9.17) is 37.7 Å². The van der Waals surface area contributed by atoms with Crippen LogP contribution in [-0.2, 0) is 22.7 Å². The largest absolute Gasteiger partial charge is 0.496 e. The number of amides is 2. The molecule has 10 nitrogen and oxygen atoms in total. The number of rotatable bonds is 11. The molecule has 274 valence electrons. The van der Waals surface area contributed by atoms with Gasteiger partial charge in [0.25, 0.3) is 0 Å². The Labute approximate surface area is 315 Å². The second-order valence-corrected chi connectivity index (χ2v) is 14.3. The van der Waals surface area contributed by atoms with Gasteiger partial charge in [0.15, 0.2) is 0 Å². The minimum atomic E-state index is 0.0184. The second kappa shape index (κ2) is 17.1. The van der Waals surface area contributed by atoms with Gasteiger partial charge in [-0.05, 0) is 43.9 Å². The molecule has 4 heterocycles. The SMILES string of the molecule is COc1cc(-c2nccc(-c3cccc(-c4ccc(CN5CCC(NC(C)=O)CC5)c(OC)n4)c3Cl)c2Cl)ccc1CN1CCC(NC(C)=O)CC1.